The number of carbonyl (C=O) groups excluding carboxylic acids is 1. The summed E-state index contributed by atoms with van der Waals surface area (Å²) in [5.74, 6) is 2.12. The number of thiophene rings is 1. The summed E-state index contributed by atoms with van der Waals surface area (Å²) in [5.41, 5.74) is 6.65. The first-order chi connectivity index (χ1) is 9.65. The molecule has 20 heavy (non-hydrogen) atoms. The highest BCUT2D eigenvalue weighted by Crippen LogP contribution is 2.35. The third-order valence-electron chi connectivity index (χ3n) is 3.39. The summed E-state index contributed by atoms with van der Waals surface area (Å²) in [5, 5.41) is 4.66. The van der Waals surface area contributed by atoms with Gasteiger partial charge in [-0.05, 0) is 36.8 Å². The number of nitrogen functional groups attached to an aromatic ring is 1. The molecule has 1 atom stereocenters. The zero-order chi connectivity index (χ0) is 14.1. The van der Waals surface area contributed by atoms with E-state index in [9.17, 15) is 4.79 Å². The lowest BCUT2D eigenvalue weighted by Gasteiger charge is -2.22. The molecule has 1 unspecified atom stereocenters. The number of halogens is 1. The van der Waals surface area contributed by atoms with Gasteiger partial charge in [0.25, 0.3) is 5.91 Å². The third kappa shape index (κ3) is 2.75. The third-order valence-corrected chi connectivity index (χ3v) is 6.01. The molecule has 1 aromatic heterocycles. The molecule has 3 rings (SSSR count). The van der Waals surface area contributed by atoms with Gasteiger partial charge in [-0.2, -0.15) is 11.8 Å². The molecule has 0 saturated carbocycles. The smallest absolute Gasteiger partial charge is 0.263 e. The van der Waals surface area contributed by atoms with E-state index in [0.29, 0.717) is 15.6 Å². The van der Waals surface area contributed by atoms with Crippen LogP contribution in [0.15, 0.2) is 18.2 Å². The Morgan fingerprint density at radius 1 is 1.45 bits per heavy atom. The van der Waals surface area contributed by atoms with E-state index in [2.05, 4.69) is 5.32 Å². The fourth-order valence-corrected chi connectivity index (χ4v) is 4.74. The van der Waals surface area contributed by atoms with E-state index in [0.717, 1.165) is 28.7 Å². The second-order valence-corrected chi connectivity index (χ2v) is 7.51. The molecular weight excluding hydrogens is 312 g/mol. The van der Waals surface area contributed by atoms with Crippen molar-refractivity contribution in [1.29, 1.82) is 0 Å². The molecule has 3 nitrogen and oxygen atoms in total. The Bertz CT molecular complexity index is 650. The quantitative estimate of drug-likeness (QED) is 0.883. The predicted octanol–water partition coefficient (Wildman–Crippen LogP) is 3.76. The van der Waals surface area contributed by atoms with Crippen LogP contribution in [0.4, 0.5) is 5.69 Å². The maximum Gasteiger partial charge on any atom is 0.263 e. The second kappa shape index (κ2) is 5.84. The Labute approximate surface area is 130 Å². The number of hydrogen-bond donors (Lipinski definition) is 2. The van der Waals surface area contributed by atoms with Gasteiger partial charge >= 0.3 is 0 Å². The summed E-state index contributed by atoms with van der Waals surface area (Å²) >= 11 is 9.28. The van der Waals surface area contributed by atoms with E-state index in [1.54, 1.807) is 6.07 Å². The standard InChI is InChI=1S/C14H15ClN2OS2/c15-8-3-4-10-11(6-8)20-13(12(10)16)14(18)17-9-2-1-5-19-7-9/h3-4,6,9H,1-2,5,7,16H2,(H,17,18). The highest BCUT2D eigenvalue weighted by molar-refractivity contribution is 7.99. The summed E-state index contributed by atoms with van der Waals surface area (Å²) in [6.07, 6.45) is 2.21. The van der Waals surface area contributed by atoms with Crippen molar-refractivity contribution in [2.45, 2.75) is 18.9 Å². The first kappa shape index (κ1) is 14.0. The largest absolute Gasteiger partial charge is 0.397 e. The normalized spacial score (nSPS) is 19.1. The average Bonchev–Trinajstić information content (AvgIpc) is 2.76. The van der Waals surface area contributed by atoms with Crippen molar-refractivity contribution in [3.05, 3.63) is 28.1 Å². The van der Waals surface area contributed by atoms with Crippen LogP contribution in [0.2, 0.25) is 5.02 Å². The number of thioether (sulfide) groups is 1. The summed E-state index contributed by atoms with van der Waals surface area (Å²) in [4.78, 5) is 13.0. The van der Waals surface area contributed by atoms with Crippen LogP contribution >= 0.6 is 34.7 Å². The van der Waals surface area contributed by atoms with Crippen LogP contribution in [0.25, 0.3) is 10.1 Å². The van der Waals surface area contributed by atoms with Crippen molar-refractivity contribution < 1.29 is 4.79 Å². The molecule has 1 amide bonds. The minimum Gasteiger partial charge on any atom is -0.397 e. The summed E-state index contributed by atoms with van der Waals surface area (Å²) in [6, 6.07) is 5.78. The SMILES string of the molecule is Nc1c(C(=O)NC2CCCSC2)sc2cc(Cl)ccc12. The minimum atomic E-state index is -0.0627. The van der Waals surface area contributed by atoms with Gasteiger partial charge in [0.1, 0.15) is 4.88 Å². The number of hydrogen-bond acceptors (Lipinski definition) is 4. The predicted molar refractivity (Wildman–Crippen MR) is 89.1 cm³/mol. The van der Waals surface area contributed by atoms with Crippen molar-refractivity contribution in [3.8, 4) is 0 Å². The summed E-state index contributed by atoms with van der Waals surface area (Å²) < 4.78 is 0.957. The van der Waals surface area contributed by atoms with Crippen LogP contribution in [0.1, 0.15) is 22.5 Å². The van der Waals surface area contributed by atoms with Crippen molar-refractivity contribution in [2.24, 2.45) is 0 Å². The summed E-state index contributed by atoms with van der Waals surface area (Å²) in [6.45, 7) is 0. The monoisotopic (exact) mass is 326 g/mol. The van der Waals surface area contributed by atoms with Gasteiger partial charge in [0.15, 0.2) is 0 Å². The molecule has 1 aromatic carbocycles. The van der Waals surface area contributed by atoms with E-state index in [-0.39, 0.29) is 11.9 Å². The van der Waals surface area contributed by atoms with E-state index < -0.39 is 0 Å². The molecule has 106 valence electrons. The van der Waals surface area contributed by atoms with Gasteiger partial charge in [-0.3, -0.25) is 4.79 Å². The molecule has 0 spiro atoms. The van der Waals surface area contributed by atoms with Crippen LogP contribution in [0.3, 0.4) is 0 Å². The van der Waals surface area contributed by atoms with Crippen molar-refractivity contribution in [3.63, 3.8) is 0 Å². The van der Waals surface area contributed by atoms with Gasteiger partial charge in [0, 0.05) is 26.9 Å². The fraction of sp³-hybridized carbons (Fsp3) is 0.357. The molecule has 0 bridgehead atoms. The zero-order valence-corrected chi connectivity index (χ0v) is 13.2. The second-order valence-electron chi connectivity index (χ2n) is 4.87. The van der Waals surface area contributed by atoms with Crippen LogP contribution in [0, 0.1) is 0 Å². The number of fused-ring (bicyclic) bond motifs is 1. The number of nitrogens with two attached hydrogens (primary N) is 1. The van der Waals surface area contributed by atoms with Gasteiger partial charge in [-0.15, -0.1) is 11.3 Å². The lowest BCUT2D eigenvalue weighted by atomic mass is 10.1. The van der Waals surface area contributed by atoms with E-state index in [1.165, 1.54) is 17.1 Å². The molecule has 0 aliphatic carbocycles. The zero-order valence-electron chi connectivity index (χ0n) is 10.8. The molecule has 1 fully saturated rings. The van der Waals surface area contributed by atoms with E-state index in [4.69, 9.17) is 17.3 Å². The topological polar surface area (TPSA) is 55.1 Å². The summed E-state index contributed by atoms with van der Waals surface area (Å²) in [7, 11) is 0. The molecule has 2 heterocycles. The van der Waals surface area contributed by atoms with Crippen LogP contribution in [-0.4, -0.2) is 23.5 Å². The van der Waals surface area contributed by atoms with Crippen LogP contribution in [-0.2, 0) is 0 Å². The Morgan fingerprint density at radius 3 is 3.05 bits per heavy atom. The van der Waals surface area contributed by atoms with Gasteiger partial charge < -0.3 is 11.1 Å². The van der Waals surface area contributed by atoms with Crippen LogP contribution in [0.5, 0.6) is 0 Å². The molecule has 2 aromatic rings. The lowest BCUT2D eigenvalue weighted by Crippen LogP contribution is -2.38. The highest BCUT2D eigenvalue weighted by Gasteiger charge is 2.21. The maximum atomic E-state index is 12.4. The number of anilines is 1. The molecule has 1 aliphatic heterocycles. The Morgan fingerprint density at radius 2 is 2.30 bits per heavy atom. The Hall–Kier alpha value is -0.910. The van der Waals surface area contributed by atoms with Crippen LogP contribution < -0.4 is 11.1 Å². The number of amides is 1. The van der Waals surface area contributed by atoms with Crippen molar-refractivity contribution >= 4 is 56.4 Å². The van der Waals surface area contributed by atoms with E-state index in [1.807, 2.05) is 23.9 Å². The number of rotatable bonds is 2. The van der Waals surface area contributed by atoms with Gasteiger partial charge in [0.05, 0.1) is 5.69 Å². The van der Waals surface area contributed by atoms with E-state index >= 15 is 0 Å². The first-order valence-corrected chi connectivity index (χ1v) is 8.86. The molecule has 6 heteroatoms. The molecule has 1 aliphatic rings. The highest BCUT2D eigenvalue weighted by atomic mass is 35.5. The first-order valence-electron chi connectivity index (χ1n) is 6.51. The van der Waals surface area contributed by atoms with Gasteiger partial charge in [-0.1, -0.05) is 11.6 Å². The number of nitrogens with one attached hydrogen (secondary N) is 1. The minimum absolute atomic E-state index is 0.0627. The molecule has 0 radical (unpaired) electrons. The fourth-order valence-electron chi connectivity index (χ4n) is 2.36. The molecule has 3 N–H and O–H groups in total. The number of carbonyl (C=O) groups is 1. The van der Waals surface area contributed by atoms with Crippen molar-refractivity contribution in [1.82, 2.24) is 5.32 Å². The number of benzene rings is 1. The van der Waals surface area contributed by atoms with Crippen molar-refractivity contribution in [2.75, 3.05) is 17.2 Å². The molecule has 1 saturated heterocycles. The van der Waals surface area contributed by atoms with Gasteiger partial charge in [0.2, 0.25) is 0 Å². The van der Waals surface area contributed by atoms with Gasteiger partial charge in [-0.25, -0.2) is 0 Å². The average molecular weight is 327 g/mol. The maximum absolute atomic E-state index is 12.4. The Kier molecular flexibility index (Phi) is 4.10. The Balaban J connectivity index is 1.85. The lowest BCUT2D eigenvalue weighted by molar-refractivity contribution is 0.0943. The molecular formula is C14H15ClN2OS2.